The summed E-state index contributed by atoms with van der Waals surface area (Å²) in [6.07, 6.45) is 4.63. The minimum atomic E-state index is -0.858. The van der Waals surface area contributed by atoms with E-state index in [1.165, 1.54) is 23.5 Å². The average molecular weight is 382 g/mol. The Morgan fingerprint density at radius 1 is 1.16 bits per heavy atom. The van der Waals surface area contributed by atoms with Crippen LogP contribution in [0.25, 0.3) is 0 Å². The van der Waals surface area contributed by atoms with E-state index >= 15 is 0 Å². The third-order valence-corrected chi connectivity index (χ3v) is 4.97. The number of hydrogen-bond donors (Lipinski definition) is 1. The Morgan fingerprint density at radius 3 is 2.36 bits per heavy atom. The number of ether oxygens (including phenoxy) is 1. The quantitative estimate of drug-likeness (QED) is 0.325. The van der Waals surface area contributed by atoms with Crippen LogP contribution in [-0.2, 0) is 9.53 Å². The van der Waals surface area contributed by atoms with Crippen molar-refractivity contribution in [3.05, 3.63) is 40.1 Å². The van der Waals surface area contributed by atoms with E-state index in [0.29, 0.717) is 11.3 Å². The zero-order valence-corrected chi connectivity index (χ0v) is 16.7. The summed E-state index contributed by atoms with van der Waals surface area (Å²) in [6.45, 7) is 5.64. The van der Waals surface area contributed by atoms with Crippen LogP contribution in [-0.4, -0.2) is 30.4 Å². The van der Waals surface area contributed by atoms with Crippen LogP contribution in [0.3, 0.4) is 0 Å². The molecule has 0 spiro atoms. The van der Waals surface area contributed by atoms with E-state index in [1.807, 2.05) is 33.3 Å². The van der Waals surface area contributed by atoms with Crippen molar-refractivity contribution in [1.29, 1.82) is 0 Å². The van der Waals surface area contributed by atoms with Gasteiger partial charge in [0, 0.05) is 21.6 Å². The van der Waals surface area contributed by atoms with Crippen molar-refractivity contribution in [3.63, 3.8) is 0 Å². The van der Waals surface area contributed by atoms with E-state index in [0.717, 1.165) is 4.24 Å². The monoisotopic (exact) mass is 381 g/mol. The highest BCUT2D eigenvalue weighted by atomic mass is 32.2. The molecule has 0 radical (unpaired) electrons. The highest BCUT2D eigenvalue weighted by molar-refractivity contribution is 8.21. The van der Waals surface area contributed by atoms with Crippen molar-refractivity contribution in [3.8, 4) is 0 Å². The predicted octanol–water partition coefficient (Wildman–Crippen LogP) is 4.95. The lowest BCUT2D eigenvalue weighted by Gasteiger charge is -2.16. The molecular formula is C18H23NO4S2. The normalized spacial score (nSPS) is 10.8. The molecule has 1 N–H and O–H groups in total. The first kappa shape index (κ1) is 21.3. The average Bonchev–Trinajstić information content (AvgIpc) is 2.50. The molecule has 1 amide bonds. The molecule has 1 aromatic carbocycles. The minimum absolute atomic E-state index is 0.135. The van der Waals surface area contributed by atoms with Gasteiger partial charge in [-0.3, -0.25) is 14.9 Å². The van der Waals surface area contributed by atoms with Crippen LogP contribution in [0.15, 0.2) is 34.6 Å². The van der Waals surface area contributed by atoms with Crippen LogP contribution >= 0.6 is 23.5 Å². The topological polar surface area (TPSA) is 72.5 Å². The summed E-state index contributed by atoms with van der Waals surface area (Å²) in [5.41, 5.74) is 0.574. The Kier molecular flexibility index (Phi) is 8.25. The largest absolute Gasteiger partial charge is 0.419 e. The van der Waals surface area contributed by atoms with Gasteiger partial charge >= 0.3 is 12.1 Å². The van der Waals surface area contributed by atoms with Crippen LogP contribution in [0, 0.1) is 5.41 Å². The molecule has 0 unspecified atom stereocenters. The molecule has 25 heavy (non-hydrogen) atoms. The number of thioether (sulfide) groups is 2. The van der Waals surface area contributed by atoms with Crippen molar-refractivity contribution in [2.45, 2.75) is 27.2 Å². The van der Waals surface area contributed by atoms with Crippen LogP contribution in [0.4, 0.5) is 10.5 Å². The van der Waals surface area contributed by atoms with Crippen molar-refractivity contribution in [2.24, 2.45) is 5.41 Å². The van der Waals surface area contributed by atoms with Gasteiger partial charge in [0.05, 0.1) is 6.42 Å². The second-order valence-corrected chi connectivity index (χ2v) is 8.40. The van der Waals surface area contributed by atoms with Crippen LogP contribution in [0.2, 0.25) is 0 Å². The van der Waals surface area contributed by atoms with Gasteiger partial charge in [-0.15, -0.1) is 23.5 Å². The maximum absolute atomic E-state index is 12.2. The first-order chi connectivity index (χ1) is 11.6. The number of nitrogens with one attached hydrogen (secondary N) is 1. The zero-order valence-electron chi connectivity index (χ0n) is 15.0. The van der Waals surface area contributed by atoms with Crippen LogP contribution in [0.1, 0.15) is 37.6 Å². The molecule has 5 nitrogen and oxygen atoms in total. The fraction of sp³-hybridized carbons (Fsp3) is 0.389. The Labute approximate surface area is 157 Å². The number of allylic oxidation sites excluding steroid dienone is 1. The molecule has 0 aliphatic carbocycles. The van der Waals surface area contributed by atoms with Crippen LogP contribution < -0.4 is 5.32 Å². The molecule has 1 aromatic rings. The fourth-order valence-corrected chi connectivity index (χ4v) is 2.97. The first-order valence-corrected chi connectivity index (χ1v) is 10.1. The summed E-state index contributed by atoms with van der Waals surface area (Å²) < 4.78 is 5.64. The molecule has 0 atom stereocenters. The van der Waals surface area contributed by atoms with E-state index < -0.39 is 12.1 Å². The molecule has 0 aliphatic heterocycles. The minimum Gasteiger partial charge on any atom is -0.376 e. The maximum Gasteiger partial charge on any atom is 0.419 e. The fourth-order valence-electron chi connectivity index (χ4n) is 1.86. The summed E-state index contributed by atoms with van der Waals surface area (Å²) in [5.74, 6) is -0.746. The molecule has 0 saturated heterocycles. The molecule has 0 aliphatic rings. The van der Waals surface area contributed by atoms with Gasteiger partial charge in [-0.25, -0.2) is 4.79 Å². The highest BCUT2D eigenvalue weighted by Crippen LogP contribution is 2.24. The molecule has 0 saturated carbocycles. The molecule has 0 bridgehead atoms. The molecule has 1 rings (SSSR count). The number of ketones is 1. The smallest absolute Gasteiger partial charge is 0.376 e. The van der Waals surface area contributed by atoms with Gasteiger partial charge in [-0.1, -0.05) is 32.9 Å². The summed E-state index contributed by atoms with van der Waals surface area (Å²) >= 11 is 2.99. The number of esters is 1. The second-order valence-electron chi connectivity index (χ2n) is 6.44. The zero-order chi connectivity index (χ0) is 19.0. The second kappa shape index (κ2) is 9.68. The number of rotatable bonds is 6. The maximum atomic E-state index is 12.2. The van der Waals surface area contributed by atoms with E-state index in [4.69, 9.17) is 4.74 Å². The van der Waals surface area contributed by atoms with E-state index in [-0.39, 0.29) is 17.6 Å². The van der Waals surface area contributed by atoms with Crippen molar-refractivity contribution < 1.29 is 19.1 Å². The van der Waals surface area contributed by atoms with Gasteiger partial charge in [0.15, 0.2) is 5.78 Å². The lowest BCUT2D eigenvalue weighted by atomic mass is 9.93. The molecule has 0 aromatic heterocycles. The van der Waals surface area contributed by atoms with Crippen molar-refractivity contribution >= 4 is 47.1 Å². The van der Waals surface area contributed by atoms with Gasteiger partial charge in [0.25, 0.3) is 0 Å². The number of anilines is 1. The van der Waals surface area contributed by atoms with Gasteiger partial charge < -0.3 is 4.74 Å². The van der Waals surface area contributed by atoms with Gasteiger partial charge in [-0.2, -0.15) is 0 Å². The number of carbonyl (C=O) groups is 3. The lowest BCUT2D eigenvalue weighted by molar-refractivity contribution is -0.138. The number of amides is 1. The van der Waals surface area contributed by atoms with Crippen molar-refractivity contribution in [2.75, 3.05) is 17.8 Å². The lowest BCUT2D eigenvalue weighted by Crippen LogP contribution is -2.22. The Balaban J connectivity index is 2.75. The Hall–Kier alpha value is -1.73. The van der Waals surface area contributed by atoms with Gasteiger partial charge in [0.1, 0.15) is 0 Å². The summed E-state index contributed by atoms with van der Waals surface area (Å²) in [5, 5.41) is 2.47. The van der Waals surface area contributed by atoms with E-state index in [9.17, 15) is 14.4 Å². The van der Waals surface area contributed by atoms with Gasteiger partial charge in [-0.05, 0) is 30.1 Å². The summed E-state index contributed by atoms with van der Waals surface area (Å²) in [7, 11) is 0. The summed E-state index contributed by atoms with van der Waals surface area (Å²) in [6, 6.07) is 6.50. The number of carbonyl (C=O) groups excluding carboxylic acids is 3. The Morgan fingerprint density at radius 2 is 1.80 bits per heavy atom. The first-order valence-electron chi connectivity index (χ1n) is 7.60. The predicted molar refractivity (Wildman–Crippen MR) is 105 cm³/mol. The highest BCUT2D eigenvalue weighted by Gasteiger charge is 2.19. The molecule has 136 valence electrons. The third-order valence-electron chi connectivity index (χ3n) is 2.93. The number of benzene rings is 1. The third kappa shape index (κ3) is 8.27. The number of hydrogen-bond acceptors (Lipinski definition) is 6. The van der Waals surface area contributed by atoms with Gasteiger partial charge in [0.2, 0.25) is 0 Å². The van der Waals surface area contributed by atoms with Crippen molar-refractivity contribution in [1.82, 2.24) is 0 Å². The van der Waals surface area contributed by atoms with Crippen LogP contribution in [0.5, 0.6) is 0 Å². The van der Waals surface area contributed by atoms with E-state index in [1.54, 1.807) is 30.3 Å². The molecule has 0 fully saturated rings. The molecule has 0 heterocycles. The standard InChI is InChI=1S/C18H23NO4S2/c1-18(2,3)11-15(21)23-17(22)19-13-8-6-7-12(9-13)14(20)10-16(24-4)25-5/h6-10H,11H2,1-5H3,(H,19,22). The SMILES string of the molecule is CSC(=CC(=O)c1cccc(NC(=O)OC(=O)CC(C)(C)C)c1)SC. The molecule has 7 heteroatoms. The Bertz CT molecular complexity index is 672. The molecular weight excluding hydrogens is 358 g/mol. The summed E-state index contributed by atoms with van der Waals surface area (Å²) in [4.78, 5) is 35.7. The van der Waals surface area contributed by atoms with E-state index in [2.05, 4.69) is 5.32 Å².